The molecule has 0 unspecified atom stereocenters. The molecule has 0 aliphatic carbocycles. The van der Waals surface area contributed by atoms with E-state index in [1.165, 1.54) is 0 Å². The summed E-state index contributed by atoms with van der Waals surface area (Å²) in [5, 5.41) is 5.99. The zero-order valence-electron chi connectivity index (χ0n) is 25.2. The molecule has 0 fully saturated rings. The van der Waals surface area contributed by atoms with Crippen LogP contribution in [0.3, 0.4) is 0 Å². The van der Waals surface area contributed by atoms with Crippen molar-refractivity contribution in [2.75, 3.05) is 0 Å². The Bertz CT molecular complexity index is 2630. The average Bonchev–Trinajstić information content (AvgIpc) is 3.80. The summed E-state index contributed by atoms with van der Waals surface area (Å²) in [6.07, 6.45) is 5.96. The number of pyridine rings is 3. The molecule has 7 heteroatoms. The minimum absolute atomic E-state index is 0. The largest absolute Gasteiger partial charge is 2.00 e. The van der Waals surface area contributed by atoms with Crippen molar-refractivity contribution >= 4 is 54.8 Å². The number of nitrogens with zero attached hydrogens (tertiary/aromatic N) is 5. The van der Waals surface area contributed by atoms with Crippen LogP contribution in [-0.4, -0.2) is 23.8 Å². The molecule has 0 amide bonds. The van der Waals surface area contributed by atoms with Crippen molar-refractivity contribution in [3.05, 3.63) is 152 Å². The van der Waals surface area contributed by atoms with Crippen molar-refractivity contribution in [2.24, 2.45) is 0 Å². The Kier molecular flexibility index (Phi) is 6.58. The number of fused-ring (bicyclic) bond motifs is 12. The molecule has 0 bridgehead atoms. The normalized spacial score (nSPS) is 11.6. The monoisotopic (exact) mass is 707 g/mol. The number of aromatic nitrogens is 5. The van der Waals surface area contributed by atoms with Gasteiger partial charge in [0.15, 0.2) is 0 Å². The van der Waals surface area contributed by atoms with Gasteiger partial charge in [-0.1, -0.05) is 131 Å². The zero-order chi connectivity index (χ0) is 30.9. The van der Waals surface area contributed by atoms with E-state index in [1.54, 1.807) is 0 Å². The maximum absolute atomic E-state index is 6.50. The molecule has 10 aromatic rings. The quantitative estimate of drug-likeness (QED) is 0.104. The molecular formula is C41H23N5OPd. The van der Waals surface area contributed by atoms with Crippen LogP contribution in [0.2, 0.25) is 0 Å². The second kappa shape index (κ2) is 11.1. The molecule has 10 rings (SSSR count). The van der Waals surface area contributed by atoms with Gasteiger partial charge in [0.1, 0.15) is 5.65 Å². The smallest absolute Gasteiger partial charge is 0.497 e. The summed E-state index contributed by atoms with van der Waals surface area (Å²) < 4.78 is 10.7. The standard InChI is InChI=1S/C41H23N5O.Pd/c1-3-10-26(11-4-1)36-24-45-38-16-8-7-14-32(38)30-19-17-28(22-34(30)40(45)43-36)47-29-18-20-31-33-15-9-21-42-39(33)46-25-37(27-12-5-2-6-13-27)44-41(46)35(31)23-29;/h1-21,24-25H;/q-2;+2. The van der Waals surface area contributed by atoms with Gasteiger partial charge < -0.3 is 13.5 Å². The Morgan fingerprint density at radius 1 is 0.479 bits per heavy atom. The molecule has 0 saturated carbocycles. The van der Waals surface area contributed by atoms with E-state index >= 15 is 0 Å². The molecule has 0 atom stereocenters. The average molecular weight is 708 g/mol. The fourth-order valence-corrected chi connectivity index (χ4v) is 6.65. The summed E-state index contributed by atoms with van der Waals surface area (Å²) >= 11 is 0. The van der Waals surface area contributed by atoms with Crippen LogP contribution < -0.4 is 4.74 Å². The first-order valence-corrected chi connectivity index (χ1v) is 15.4. The van der Waals surface area contributed by atoms with Crippen molar-refractivity contribution in [2.45, 2.75) is 0 Å². The number of imidazole rings is 2. The maximum atomic E-state index is 6.50. The van der Waals surface area contributed by atoms with Gasteiger partial charge in [0, 0.05) is 46.7 Å². The third-order valence-corrected chi connectivity index (χ3v) is 8.81. The number of rotatable bonds is 4. The maximum Gasteiger partial charge on any atom is 2.00 e. The Morgan fingerprint density at radius 2 is 1.02 bits per heavy atom. The predicted molar refractivity (Wildman–Crippen MR) is 187 cm³/mol. The summed E-state index contributed by atoms with van der Waals surface area (Å²) in [5.74, 6) is 1.16. The van der Waals surface area contributed by atoms with Gasteiger partial charge in [-0.25, -0.2) is 4.98 Å². The first-order chi connectivity index (χ1) is 23.3. The molecule has 0 saturated heterocycles. The van der Waals surface area contributed by atoms with Crippen molar-refractivity contribution in [3.63, 3.8) is 0 Å². The fraction of sp³-hybridized carbons (Fsp3) is 0. The SMILES string of the molecule is [Pd+2].[c-]1c(Oc2[c-]c3c(cc2)c2cccnc2n2cc(-c4ccccc4)nc32)ccc2c1c1nc(-c3ccccc3)cn1c1ccccc21. The van der Waals surface area contributed by atoms with Gasteiger partial charge >= 0.3 is 20.4 Å². The van der Waals surface area contributed by atoms with Crippen LogP contribution in [0.15, 0.2) is 140 Å². The number of hydrogen-bond acceptors (Lipinski definition) is 4. The van der Waals surface area contributed by atoms with E-state index in [9.17, 15) is 0 Å². The Morgan fingerprint density at radius 3 is 1.69 bits per heavy atom. The van der Waals surface area contributed by atoms with Crippen LogP contribution in [-0.2, 0) is 20.4 Å². The number of benzene rings is 5. The van der Waals surface area contributed by atoms with Crippen LogP contribution in [0.4, 0.5) is 0 Å². The minimum atomic E-state index is 0. The van der Waals surface area contributed by atoms with Gasteiger partial charge in [-0.05, 0) is 22.9 Å². The first-order valence-electron chi connectivity index (χ1n) is 15.4. The molecule has 0 spiro atoms. The molecule has 5 aromatic heterocycles. The second-order valence-corrected chi connectivity index (χ2v) is 11.6. The zero-order valence-corrected chi connectivity index (χ0v) is 26.8. The van der Waals surface area contributed by atoms with Gasteiger partial charge in [0.25, 0.3) is 0 Å². The topological polar surface area (TPSA) is 56.7 Å². The third kappa shape index (κ3) is 4.40. The van der Waals surface area contributed by atoms with Gasteiger partial charge in [0.05, 0.1) is 22.7 Å². The molecule has 0 aliphatic rings. The van der Waals surface area contributed by atoms with Gasteiger partial charge in [-0.3, -0.25) is 9.97 Å². The summed E-state index contributed by atoms with van der Waals surface area (Å²) in [7, 11) is 0. The van der Waals surface area contributed by atoms with E-state index in [2.05, 4.69) is 89.5 Å². The van der Waals surface area contributed by atoms with Gasteiger partial charge in [-0.15, -0.1) is 12.1 Å². The van der Waals surface area contributed by atoms with E-state index in [0.717, 1.165) is 77.3 Å². The summed E-state index contributed by atoms with van der Waals surface area (Å²) in [5.41, 5.74) is 7.43. The molecule has 5 aromatic carbocycles. The van der Waals surface area contributed by atoms with E-state index in [4.69, 9.17) is 19.7 Å². The van der Waals surface area contributed by atoms with Crippen LogP contribution in [0.25, 0.3) is 77.3 Å². The summed E-state index contributed by atoms with van der Waals surface area (Å²) in [6.45, 7) is 0. The Balaban J connectivity index is 0.00000314. The Labute approximate surface area is 288 Å². The second-order valence-electron chi connectivity index (χ2n) is 11.6. The van der Waals surface area contributed by atoms with Gasteiger partial charge in [-0.2, -0.15) is 0 Å². The third-order valence-electron chi connectivity index (χ3n) is 8.81. The molecule has 48 heavy (non-hydrogen) atoms. The van der Waals surface area contributed by atoms with E-state index in [-0.39, 0.29) is 20.4 Å². The van der Waals surface area contributed by atoms with Crippen molar-refractivity contribution in [3.8, 4) is 34.0 Å². The van der Waals surface area contributed by atoms with Crippen LogP contribution >= 0.6 is 0 Å². The molecule has 6 nitrogen and oxygen atoms in total. The first kappa shape index (κ1) is 28.4. The van der Waals surface area contributed by atoms with Crippen molar-refractivity contribution in [1.82, 2.24) is 23.8 Å². The molecule has 5 heterocycles. The van der Waals surface area contributed by atoms with E-state index < -0.39 is 0 Å². The van der Waals surface area contributed by atoms with E-state index in [0.29, 0.717) is 11.5 Å². The minimum Gasteiger partial charge on any atom is -0.497 e. The Hall–Kier alpha value is -5.87. The molecule has 0 N–H and O–H groups in total. The summed E-state index contributed by atoms with van der Waals surface area (Å²) in [4.78, 5) is 14.9. The van der Waals surface area contributed by atoms with Crippen molar-refractivity contribution < 1.29 is 25.2 Å². The molecular weight excluding hydrogens is 685 g/mol. The van der Waals surface area contributed by atoms with Crippen LogP contribution in [0.5, 0.6) is 11.5 Å². The van der Waals surface area contributed by atoms with Crippen LogP contribution in [0.1, 0.15) is 0 Å². The number of hydrogen-bond donors (Lipinski definition) is 0. The fourth-order valence-electron chi connectivity index (χ4n) is 6.65. The number of para-hydroxylation sites is 1. The van der Waals surface area contributed by atoms with Crippen molar-refractivity contribution in [1.29, 1.82) is 0 Å². The van der Waals surface area contributed by atoms with Crippen LogP contribution in [0, 0.1) is 12.1 Å². The van der Waals surface area contributed by atoms with E-state index in [1.807, 2.05) is 71.4 Å². The molecule has 0 aliphatic heterocycles. The predicted octanol–water partition coefficient (Wildman–Crippen LogP) is 9.71. The summed E-state index contributed by atoms with van der Waals surface area (Å²) in [6, 6.07) is 48.1. The molecule has 0 radical (unpaired) electrons. The molecule has 228 valence electrons. The van der Waals surface area contributed by atoms with Gasteiger partial charge in [0.2, 0.25) is 0 Å². The number of ether oxygens (including phenoxy) is 1.